The Morgan fingerprint density at radius 1 is 1.11 bits per heavy atom. The van der Waals surface area contributed by atoms with Crippen molar-refractivity contribution in [1.82, 2.24) is 15.2 Å². The van der Waals surface area contributed by atoms with Crippen LogP contribution in [0.15, 0.2) is 12.1 Å². The number of nitrogens with one attached hydrogen (secondary N) is 1. The van der Waals surface area contributed by atoms with Crippen molar-refractivity contribution in [2.24, 2.45) is 0 Å². The van der Waals surface area contributed by atoms with E-state index in [1.165, 1.54) is 12.0 Å². The molecule has 1 saturated heterocycles. The molecule has 1 N–H and O–H groups in total. The molecule has 3 rings (SSSR count). The van der Waals surface area contributed by atoms with E-state index in [0.717, 1.165) is 57.6 Å². The summed E-state index contributed by atoms with van der Waals surface area (Å²) in [6.07, 6.45) is 5.44. The Kier molecular flexibility index (Phi) is 3.78. The van der Waals surface area contributed by atoms with Gasteiger partial charge < -0.3 is 10.2 Å². The molecule has 2 aliphatic rings. The highest BCUT2D eigenvalue weighted by Gasteiger charge is 2.20. The fourth-order valence-electron chi connectivity index (χ4n) is 2.91. The number of rotatable bonds is 1. The highest BCUT2D eigenvalue weighted by Crippen LogP contribution is 2.15. The molecule has 0 radical (unpaired) electrons. The Morgan fingerprint density at radius 3 is 2.74 bits per heavy atom. The second-order valence-corrected chi connectivity index (χ2v) is 5.41. The van der Waals surface area contributed by atoms with Gasteiger partial charge >= 0.3 is 0 Å². The maximum absolute atomic E-state index is 12.4. The molecule has 0 aromatic carbocycles. The first-order chi connectivity index (χ1) is 9.34. The van der Waals surface area contributed by atoms with E-state index in [4.69, 9.17) is 0 Å². The van der Waals surface area contributed by atoms with Gasteiger partial charge in [0, 0.05) is 31.7 Å². The van der Waals surface area contributed by atoms with Gasteiger partial charge in [-0.2, -0.15) is 0 Å². The van der Waals surface area contributed by atoms with Crippen molar-refractivity contribution in [2.45, 2.75) is 32.1 Å². The Bertz CT molecular complexity index is 466. The molecule has 102 valence electrons. The molecule has 0 atom stereocenters. The summed E-state index contributed by atoms with van der Waals surface area (Å²) in [7, 11) is 0. The lowest BCUT2D eigenvalue weighted by molar-refractivity contribution is 0.0718. The third kappa shape index (κ3) is 2.78. The SMILES string of the molecule is O=C(c1ccc2c(n1)CCNCC2)N1CCCCC1. The van der Waals surface area contributed by atoms with E-state index in [2.05, 4.69) is 16.4 Å². The first-order valence-corrected chi connectivity index (χ1v) is 7.33. The number of nitrogens with zero attached hydrogens (tertiary/aromatic N) is 2. The molecule has 19 heavy (non-hydrogen) atoms. The number of pyridine rings is 1. The van der Waals surface area contributed by atoms with E-state index in [-0.39, 0.29) is 5.91 Å². The minimum atomic E-state index is 0.111. The summed E-state index contributed by atoms with van der Waals surface area (Å²) >= 11 is 0. The molecular formula is C15H21N3O. The lowest BCUT2D eigenvalue weighted by Crippen LogP contribution is -2.36. The van der Waals surface area contributed by atoms with Gasteiger partial charge in [-0.15, -0.1) is 0 Å². The summed E-state index contributed by atoms with van der Waals surface area (Å²) in [5.74, 6) is 0.111. The zero-order valence-corrected chi connectivity index (χ0v) is 11.3. The van der Waals surface area contributed by atoms with Crippen molar-refractivity contribution >= 4 is 5.91 Å². The number of amides is 1. The average molecular weight is 259 g/mol. The molecule has 1 amide bonds. The molecule has 0 spiro atoms. The van der Waals surface area contributed by atoms with Gasteiger partial charge in [0.15, 0.2) is 0 Å². The Morgan fingerprint density at radius 2 is 1.89 bits per heavy atom. The zero-order chi connectivity index (χ0) is 13.1. The van der Waals surface area contributed by atoms with Gasteiger partial charge in [0.05, 0.1) is 0 Å². The molecule has 0 aliphatic carbocycles. The minimum absolute atomic E-state index is 0.111. The quantitative estimate of drug-likeness (QED) is 0.829. The number of piperidine rings is 1. The van der Waals surface area contributed by atoms with Crippen LogP contribution in [-0.4, -0.2) is 42.0 Å². The van der Waals surface area contributed by atoms with Gasteiger partial charge in [-0.25, -0.2) is 4.98 Å². The van der Waals surface area contributed by atoms with Crippen LogP contribution in [0.3, 0.4) is 0 Å². The van der Waals surface area contributed by atoms with E-state index >= 15 is 0 Å². The zero-order valence-electron chi connectivity index (χ0n) is 11.3. The van der Waals surface area contributed by atoms with E-state index in [1.54, 1.807) is 0 Å². The molecule has 0 unspecified atom stereocenters. The number of aromatic nitrogens is 1. The first-order valence-electron chi connectivity index (χ1n) is 7.33. The molecule has 1 fully saturated rings. The monoisotopic (exact) mass is 259 g/mol. The molecular weight excluding hydrogens is 238 g/mol. The number of fused-ring (bicyclic) bond motifs is 1. The normalized spacial score (nSPS) is 19.7. The van der Waals surface area contributed by atoms with Crippen LogP contribution >= 0.6 is 0 Å². The fourth-order valence-corrected chi connectivity index (χ4v) is 2.91. The predicted octanol–water partition coefficient (Wildman–Crippen LogP) is 1.40. The van der Waals surface area contributed by atoms with Crippen molar-refractivity contribution in [1.29, 1.82) is 0 Å². The number of carbonyl (C=O) groups excluding carboxylic acids is 1. The molecule has 0 saturated carbocycles. The highest BCUT2D eigenvalue weighted by atomic mass is 16.2. The highest BCUT2D eigenvalue weighted by molar-refractivity contribution is 5.92. The van der Waals surface area contributed by atoms with E-state index in [0.29, 0.717) is 5.69 Å². The summed E-state index contributed by atoms with van der Waals surface area (Å²) in [6.45, 7) is 3.74. The van der Waals surface area contributed by atoms with Gasteiger partial charge in [0.25, 0.3) is 5.91 Å². The maximum Gasteiger partial charge on any atom is 0.272 e. The maximum atomic E-state index is 12.4. The number of hydrogen-bond acceptors (Lipinski definition) is 3. The molecule has 4 nitrogen and oxygen atoms in total. The van der Waals surface area contributed by atoms with E-state index < -0.39 is 0 Å². The average Bonchev–Trinajstić information content (AvgIpc) is 2.72. The van der Waals surface area contributed by atoms with E-state index in [1.807, 2.05) is 11.0 Å². The second kappa shape index (κ2) is 5.70. The molecule has 3 heterocycles. The Hall–Kier alpha value is -1.42. The first kappa shape index (κ1) is 12.6. The predicted molar refractivity (Wildman–Crippen MR) is 74.3 cm³/mol. The van der Waals surface area contributed by atoms with Crippen molar-refractivity contribution in [3.05, 3.63) is 29.1 Å². The van der Waals surface area contributed by atoms with Gasteiger partial charge in [-0.05, 0) is 43.9 Å². The van der Waals surface area contributed by atoms with Crippen molar-refractivity contribution in [3.8, 4) is 0 Å². The van der Waals surface area contributed by atoms with Crippen LogP contribution in [0.5, 0.6) is 0 Å². The summed E-state index contributed by atoms with van der Waals surface area (Å²) < 4.78 is 0. The molecule has 1 aromatic rings. The van der Waals surface area contributed by atoms with Crippen molar-refractivity contribution in [3.63, 3.8) is 0 Å². The number of likely N-dealkylation sites (tertiary alicyclic amines) is 1. The minimum Gasteiger partial charge on any atom is -0.337 e. The van der Waals surface area contributed by atoms with E-state index in [9.17, 15) is 4.79 Å². The molecule has 4 heteroatoms. The second-order valence-electron chi connectivity index (χ2n) is 5.41. The summed E-state index contributed by atoms with van der Waals surface area (Å²) in [5.41, 5.74) is 3.02. The Balaban J connectivity index is 1.80. The third-order valence-electron chi connectivity index (χ3n) is 4.04. The molecule has 1 aromatic heterocycles. The lowest BCUT2D eigenvalue weighted by Gasteiger charge is -2.26. The van der Waals surface area contributed by atoms with Crippen LogP contribution in [0.1, 0.15) is 41.0 Å². The van der Waals surface area contributed by atoms with Crippen molar-refractivity contribution in [2.75, 3.05) is 26.2 Å². The summed E-state index contributed by atoms with van der Waals surface area (Å²) in [5, 5.41) is 3.37. The lowest BCUT2D eigenvalue weighted by atomic mass is 10.1. The number of hydrogen-bond donors (Lipinski definition) is 1. The van der Waals surface area contributed by atoms with Crippen LogP contribution in [0.25, 0.3) is 0 Å². The number of carbonyl (C=O) groups is 1. The van der Waals surface area contributed by atoms with Crippen LogP contribution in [-0.2, 0) is 12.8 Å². The smallest absolute Gasteiger partial charge is 0.272 e. The Labute approximate surface area is 114 Å². The topological polar surface area (TPSA) is 45.2 Å². The third-order valence-corrected chi connectivity index (χ3v) is 4.04. The van der Waals surface area contributed by atoms with Gasteiger partial charge in [-0.1, -0.05) is 6.07 Å². The van der Waals surface area contributed by atoms with Crippen LogP contribution in [0.2, 0.25) is 0 Å². The molecule has 0 bridgehead atoms. The standard InChI is InChI=1S/C15H21N3O/c19-15(18-10-2-1-3-11-18)14-5-4-12-6-8-16-9-7-13(12)17-14/h4-5,16H,1-3,6-11H2. The van der Waals surface area contributed by atoms with Gasteiger partial charge in [0.1, 0.15) is 5.69 Å². The van der Waals surface area contributed by atoms with Crippen LogP contribution < -0.4 is 5.32 Å². The fraction of sp³-hybridized carbons (Fsp3) is 0.600. The summed E-state index contributed by atoms with van der Waals surface area (Å²) in [4.78, 5) is 19.0. The van der Waals surface area contributed by atoms with Gasteiger partial charge in [-0.3, -0.25) is 4.79 Å². The largest absolute Gasteiger partial charge is 0.337 e. The molecule has 2 aliphatic heterocycles. The summed E-state index contributed by atoms with van der Waals surface area (Å²) in [6, 6.07) is 3.99. The van der Waals surface area contributed by atoms with Crippen LogP contribution in [0.4, 0.5) is 0 Å². The van der Waals surface area contributed by atoms with Gasteiger partial charge in [0.2, 0.25) is 0 Å². The van der Waals surface area contributed by atoms with Crippen molar-refractivity contribution < 1.29 is 4.79 Å². The van der Waals surface area contributed by atoms with Crippen LogP contribution in [0, 0.1) is 0 Å².